The van der Waals surface area contributed by atoms with Gasteiger partial charge in [-0.2, -0.15) is 0 Å². The molecule has 17 heavy (non-hydrogen) atoms. The van der Waals surface area contributed by atoms with Crippen LogP contribution < -0.4 is 5.32 Å². The second kappa shape index (κ2) is 5.29. The Morgan fingerprint density at radius 2 is 2.18 bits per heavy atom. The minimum atomic E-state index is 0.180. The van der Waals surface area contributed by atoms with Gasteiger partial charge in [0.15, 0.2) is 0 Å². The fraction of sp³-hybridized carbons (Fsp3) is 0.462. The lowest BCUT2D eigenvalue weighted by Gasteiger charge is -2.25. The van der Waals surface area contributed by atoms with E-state index in [2.05, 4.69) is 48.6 Å². The third-order valence-corrected chi connectivity index (χ3v) is 5.05. The van der Waals surface area contributed by atoms with Crippen molar-refractivity contribution in [3.05, 3.63) is 39.0 Å². The van der Waals surface area contributed by atoms with Gasteiger partial charge in [0, 0.05) is 28.4 Å². The highest BCUT2D eigenvalue weighted by Crippen LogP contribution is 2.27. The predicted octanol–water partition coefficient (Wildman–Crippen LogP) is 3.83. The lowest BCUT2D eigenvalue weighted by molar-refractivity contribution is 0.441. The van der Waals surface area contributed by atoms with E-state index >= 15 is 0 Å². The molecular weight excluding hydrogens is 248 g/mol. The Morgan fingerprint density at radius 1 is 1.35 bits per heavy atom. The summed E-state index contributed by atoms with van der Waals surface area (Å²) in [5, 5.41) is 8.89. The molecule has 0 amide bonds. The van der Waals surface area contributed by atoms with Crippen LogP contribution in [0.5, 0.6) is 0 Å². The molecular formula is C13H18N2S2. The Balaban J connectivity index is 1.94. The van der Waals surface area contributed by atoms with Gasteiger partial charge in [-0.15, -0.1) is 22.7 Å². The zero-order valence-electron chi connectivity index (χ0n) is 10.4. The predicted molar refractivity (Wildman–Crippen MR) is 75.9 cm³/mol. The number of hydrogen-bond donors (Lipinski definition) is 1. The quantitative estimate of drug-likeness (QED) is 0.889. The van der Waals surface area contributed by atoms with Crippen molar-refractivity contribution in [3.8, 4) is 0 Å². The topological polar surface area (TPSA) is 24.9 Å². The van der Waals surface area contributed by atoms with Gasteiger partial charge in [-0.25, -0.2) is 4.98 Å². The molecule has 0 saturated carbocycles. The summed E-state index contributed by atoms with van der Waals surface area (Å²) in [7, 11) is 0. The lowest BCUT2D eigenvalue weighted by atomic mass is 9.91. The third-order valence-electron chi connectivity index (χ3n) is 2.86. The number of thiazole rings is 1. The smallest absolute Gasteiger partial charge is 0.109 e. The molecule has 2 aromatic rings. The monoisotopic (exact) mass is 266 g/mol. The summed E-state index contributed by atoms with van der Waals surface area (Å²) >= 11 is 3.53. The van der Waals surface area contributed by atoms with Crippen LogP contribution in [0.15, 0.2) is 29.1 Å². The van der Waals surface area contributed by atoms with Gasteiger partial charge in [-0.1, -0.05) is 19.9 Å². The van der Waals surface area contributed by atoms with Gasteiger partial charge in [-0.05, 0) is 18.4 Å². The van der Waals surface area contributed by atoms with E-state index in [0.717, 1.165) is 11.6 Å². The zero-order chi connectivity index (χ0) is 12.3. The lowest BCUT2D eigenvalue weighted by Crippen LogP contribution is -2.33. The fourth-order valence-electron chi connectivity index (χ4n) is 1.69. The van der Waals surface area contributed by atoms with Crippen molar-refractivity contribution in [1.29, 1.82) is 0 Å². The van der Waals surface area contributed by atoms with Crippen LogP contribution in [0.25, 0.3) is 0 Å². The number of nitrogens with zero attached hydrogens (tertiary/aromatic N) is 1. The van der Waals surface area contributed by atoms with Gasteiger partial charge in [0.05, 0.1) is 6.04 Å². The number of hydrogen-bond acceptors (Lipinski definition) is 4. The average molecular weight is 266 g/mol. The van der Waals surface area contributed by atoms with Crippen molar-refractivity contribution in [1.82, 2.24) is 10.3 Å². The van der Waals surface area contributed by atoms with Crippen molar-refractivity contribution in [2.45, 2.75) is 32.2 Å². The Hall–Kier alpha value is -0.710. The largest absolute Gasteiger partial charge is 0.307 e. The van der Waals surface area contributed by atoms with Gasteiger partial charge < -0.3 is 5.32 Å². The Bertz CT molecular complexity index is 432. The molecule has 1 atom stereocenters. The molecule has 0 aliphatic heterocycles. The van der Waals surface area contributed by atoms with E-state index in [0.29, 0.717) is 6.04 Å². The maximum absolute atomic E-state index is 4.34. The first-order chi connectivity index (χ1) is 8.09. The van der Waals surface area contributed by atoms with Crippen molar-refractivity contribution in [2.24, 2.45) is 0 Å². The average Bonchev–Trinajstić information content (AvgIpc) is 2.97. The van der Waals surface area contributed by atoms with Gasteiger partial charge in [-0.3, -0.25) is 0 Å². The Kier molecular flexibility index (Phi) is 3.97. The molecule has 0 aromatic carbocycles. The number of aromatic nitrogens is 1. The highest BCUT2D eigenvalue weighted by atomic mass is 32.1. The van der Waals surface area contributed by atoms with E-state index in [-0.39, 0.29) is 5.41 Å². The number of nitrogens with one attached hydrogen (secondary N) is 1. The molecule has 92 valence electrons. The molecule has 1 unspecified atom stereocenters. The van der Waals surface area contributed by atoms with Crippen LogP contribution in [-0.2, 0) is 5.41 Å². The summed E-state index contributed by atoms with van der Waals surface area (Å²) in [6.45, 7) is 7.69. The van der Waals surface area contributed by atoms with Gasteiger partial charge in [0.2, 0.25) is 0 Å². The maximum atomic E-state index is 4.34. The van der Waals surface area contributed by atoms with E-state index in [4.69, 9.17) is 0 Å². The third kappa shape index (κ3) is 3.15. The van der Waals surface area contributed by atoms with Crippen molar-refractivity contribution >= 4 is 22.7 Å². The molecule has 2 heterocycles. The summed E-state index contributed by atoms with van der Waals surface area (Å²) in [4.78, 5) is 5.77. The zero-order valence-corrected chi connectivity index (χ0v) is 12.1. The van der Waals surface area contributed by atoms with Gasteiger partial charge >= 0.3 is 0 Å². The first-order valence-corrected chi connectivity index (χ1v) is 7.52. The van der Waals surface area contributed by atoms with E-state index in [1.54, 1.807) is 11.3 Å². The SMILES string of the molecule is CC(NCC(C)(C)c1cccs1)c1nccs1. The van der Waals surface area contributed by atoms with Crippen LogP contribution in [0.3, 0.4) is 0 Å². The molecule has 4 heteroatoms. The van der Waals surface area contributed by atoms with E-state index in [1.807, 2.05) is 22.9 Å². The highest BCUT2D eigenvalue weighted by molar-refractivity contribution is 7.10. The maximum Gasteiger partial charge on any atom is 0.109 e. The van der Waals surface area contributed by atoms with Crippen molar-refractivity contribution < 1.29 is 0 Å². The highest BCUT2D eigenvalue weighted by Gasteiger charge is 2.22. The molecule has 1 N–H and O–H groups in total. The minimum absolute atomic E-state index is 0.180. The van der Waals surface area contributed by atoms with E-state index < -0.39 is 0 Å². The van der Waals surface area contributed by atoms with E-state index in [9.17, 15) is 0 Å². The van der Waals surface area contributed by atoms with E-state index in [1.165, 1.54) is 4.88 Å². The van der Waals surface area contributed by atoms with Gasteiger partial charge in [0.25, 0.3) is 0 Å². The van der Waals surface area contributed by atoms with Crippen LogP contribution >= 0.6 is 22.7 Å². The summed E-state index contributed by atoms with van der Waals surface area (Å²) in [6, 6.07) is 4.65. The molecule has 0 aliphatic rings. The molecule has 0 radical (unpaired) electrons. The first-order valence-electron chi connectivity index (χ1n) is 5.76. The van der Waals surface area contributed by atoms with Crippen LogP contribution in [0.1, 0.15) is 36.7 Å². The van der Waals surface area contributed by atoms with Crippen LogP contribution in [0, 0.1) is 0 Å². The molecule has 2 aromatic heterocycles. The molecule has 0 fully saturated rings. The van der Waals surface area contributed by atoms with Crippen LogP contribution in [0.4, 0.5) is 0 Å². The standard InChI is InChI=1S/C13H18N2S2/c1-10(12-14-6-8-17-12)15-9-13(2,3)11-5-4-7-16-11/h4-8,10,15H,9H2,1-3H3. The molecule has 2 nitrogen and oxygen atoms in total. The summed E-state index contributed by atoms with van der Waals surface area (Å²) < 4.78 is 0. The summed E-state index contributed by atoms with van der Waals surface area (Å²) in [6.07, 6.45) is 1.86. The fourth-order valence-corrected chi connectivity index (χ4v) is 3.22. The molecule has 0 spiro atoms. The Morgan fingerprint density at radius 3 is 2.76 bits per heavy atom. The minimum Gasteiger partial charge on any atom is -0.307 e. The summed E-state index contributed by atoms with van der Waals surface area (Å²) in [5.74, 6) is 0. The number of rotatable bonds is 5. The Labute approximate surface area is 111 Å². The van der Waals surface area contributed by atoms with Crippen LogP contribution in [0.2, 0.25) is 0 Å². The normalized spacial score (nSPS) is 13.8. The first kappa shape index (κ1) is 12.7. The molecule has 0 bridgehead atoms. The van der Waals surface area contributed by atoms with Crippen LogP contribution in [-0.4, -0.2) is 11.5 Å². The summed E-state index contributed by atoms with van der Waals surface area (Å²) in [5.41, 5.74) is 0.180. The second-order valence-corrected chi connectivity index (χ2v) is 6.71. The van der Waals surface area contributed by atoms with Crippen molar-refractivity contribution in [2.75, 3.05) is 6.54 Å². The van der Waals surface area contributed by atoms with Crippen molar-refractivity contribution in [3.63, 3.8) is 0 Å². The second-order valence-electron chi connectivity index (χ2n) is 4.83. The molecule has 2 rings (SSSR count). The number of thiophene rings is 1. The molecule has 0 aliphatic carbocycles. The molecule has 0 saturated heterocycles. The van der Waals surface area contributed by atoms with Gasteiger partial charge in [0.1, 0.15) is 5.01 Å².